The molecule has 14 rings (SSSR count). The maximum Gasteiger partial charge on any atom is 0.235 e. The largest absolute Gasteiger partial charge is 0.309 e. The first-order chi connectivity index (χ1) is 31.8. The number of rotatable bonds is 5. The zero-order valence-electron chi connectivity index (χ0n) is 34.6. The molecule has 11 aromatic carbocycles. The molecule has 0 unspecified atom stereocenters. The minimum absolute atomic E-state index is 0.651. The second-order valence-corrected chi connectivity index (χ2v) is 16.9. The van der Waals surface area contributed by atoms with Crippen molar-refractivity contribution in [2.45, 2.75) is 0 Å². The predicted octanol–water partition coefficient (Wildman–Crippen LogP) is 15.7. The van der Waals surface area contributed by atoms with Gasteiger partial charge in [-0.25, -0.2) is 9.97 Å². The fourth-order valence-electron chi connectivity index (χ4n) is 10.7. The number of nitrogens with zero attached hydrogens (tertiary/aromatic N) is 4. The normalized spacial score (nSPS) is 12.1. The highest BCUT2D eigenvalue weighted by molar-refractivity contribution is 6.40. The summed E-state index contributed by atoms with van der Waals surface area (Å²) in [6, 6.07) is 79.0. The summed E-state index contributed by atoms with van der Waals surface area (Å²) >= 11 is 0. The number of fused-ring (bicyclic) bond motifs is 9. The summed E-state index contributed by atoms with van der Waals surface area (Å²) in [5, 5.41) is 13.4. The zero-order valence-corrected chi connectivity index (χ0v) is 34.6. The summed E-state index contributed by atoms with van der Waals surface area (Å²) in [5.74, 6) is 0.651. The Balaban J connectivity index is 1.10. The van der Waals surface area contributed by atoms with Gasteiger partial charge in [0.1, 0.15) is 0 Å². The van der Waals surface area contributed by atoms with E-state index in [4.69, 9.17) is 9.97 Å². The van der Waals surface area contributed by atoms with Crippen LogP contribution in [-0.2, 0) is 0 Å². The number of benzene rings is 11. The van der Waals surface area contributed by atoms with E-state index in [-0.39, 0.29) is 0 Å². The molecule has 3 aromatic heterocycles. The lowest BCUT2D eigenvalue weighted by Gasteiger charge is -2.15. The molecular weight excluding hydrogens is 777 g/mol. The van der Waals surface area contributed by atoms with Gasteiger partial charge in [-0.2, -0.15) is 0 Å². The van der Waals surface area contributed by atoms with E-state index in [9.17, 15) is 0 Å². The van der Waals surface area contributed by atoms with E-state index >= 15 is 0 Å². The monoisotopic (exact) mass is 812 g/mol. The average molecular weight is 813 g/mol. The van der Waals surface area contributed by atoms with Crippen LogP contribution in [0, 0.1) is 0 Å². The third-order valence-corrected chi connectivity index (χ3v) is 13.5. The Morgan fingerprint density at radius 3 is 1.77 bits per heavy atom. The van der Waals surface area contributed by atoms with Gasteiger partial charge in [0.15, 0.2) is 0 Å². The topological polar surface area (TPSA) is 35.6 Å². The summed E-state index contributed by atoms with van der Waals surface area (Å²) in [6.07, 6.45) is 0. The van der Waals surface area contributed by atoms with Crippen molar-refractivity contribution < 1.29 is 0 Å². The van der Waals surface area contributed by atoms with Crippen LogP contribution in [0.5, 0.6) is 0 Å². The molecule has 0 fully saturated rings. The fourth-order valence-corrected chi connectivity index (χ4v) is 10.7. The smallest absolute Gasteiger partial charge is 0.235 e. The molecule has 3 heterocycles. The lowest BCUT2D eigenvalue weighted by molar-refractivity contribution is 1.01. The van der Waals surface area contributed by atoms with Crippen LogP contribution in [0.3, 0.4) is 0 Å². The quantitative estimate of drug-likeness (QED) is 0.162. The minimum Gasteiger partial charge on any atom is -0.309 e. The fraction of sp³-hybridized carbons (Fsp3) is 0. The highest BCUT2D eigenvalue weighted by atomic mass is 15.2. The van der Waals surface area contributed by atoms with Crippen molar-refractivity contribution in [2.75, 3.05) is 0 Å². The molecule has 0 bridgehead atoms. The van der Waals surface area contributed by atoms with Crippen LogP contribution in [0.1, 0.15) is 0 Å². The molecule has 0 spiro atoms. The van der Waals surface area contributed by atoms with Gasteiger partial charge in [0.05, 0.1) is 33.3 Å². The van der Waals surface area contributed by atoms with Crippen molar-refractivity contribution >= 4 is 86.8 Å². The molecule has 0 saturated carbocycles. The molecule has 4 nitrogen and oxygen atoms in total. The third kappa shape index (κ3) is 4.99. The maximum absolute atomic E-state index is 5.52. The second-order valence-electron chi connectivity index (χ2n) is 16.9. The lowest BCUT2D eigenvalue weighted by atomic mass is 9.87. The van der Waals surface area contributed by atoms with Gasteiger partial charge in [-0.3, -0.25) is 4.57 Å². The van der Waals surface area contributed by atoms with Crippen molar-refractivity contribution in [1.29, 1.82) is 0 Å². The molecule has 0 aliphatic heterocycles. The Morgan fingerprint density at radius 2 is 0.922 bits per heavy atom. The molecule has 0 aliphatic rings. The van der Waals surface area contributed by atoms with Gasteiger partial charge in [-0.15, -0.1) is 0 Å². The van der Waals surface area contributed by atoms with Crippen LogP contribution >= 0.6 is 0 Å². The minimum atomic E-state index is 0.651. The van der Waals surface area contributed by atoms with Gasteiger partial charge in [-0.05, 0) is 104 Å². The Bertz CT molecular complexity index is 4170. The Kier molecular flexibility index (Phi) is 7.36. The van der Waals surface area contributed by atoms with Crippen molar-refractivity contribution in [3.63, 3.8) is 0 Å². The molecule has 0 N–H and O–H groups in total. The molecule has 14 aromatic rings. The molecule has 0 amide bonds. The first-order valence-corrected chi connectivity index (χ1v) is 21.9. The molecule has 0 radical (unpaired) electrons. The first kappa shape index (κ1) is 35.0. The van der Waals surface area contributed by atoms with E-state index in [0.717, 1.165) is 50.0 Å². The van der Waals surface area contributed by atoms with E-state index in [2.05, 4.69) is 228 Å². The third-order valence-electron chi connectivity index (χ3n) is 13.5. The molecule has 0 aliphatic carbocycles. The molecule has 296 valence electrons. The van der Waals surface area contributed by atoms with Gasteiger partial charge in [0.2, 0.25) is 5.95 Å². The maximum atomic E-state index is 5.52. The van der Waals surface area contributed by atoms with Gasteiger partial charge < -0.3 is 4.57 Å². The Morgan fingerprint density at radius 1 is 0.297 bits per heavy atom. The highest BCUT2D eigenvalue weighted by Crippen LogP contribution is 2.49. The number of hydrogen-bond donors (Lipinski definition) is 0. The number of aromatic nitrogens is 4. The van der Waals surface area contributed by atoms with Crippen LogP contribution in [-0.4, -0.2) is 19.1 Å². The second kappa shape index (κ2) is 13.4. The summed E-state index contributed by atoms with van der Waals surface area (Å²) in [5.41, 5.74) is 13.2. The number of hydrogen-bond acceptors (Lipinski definition) is 2. The van der Waals surface area contributed by atoms with Gasteiger partial charge in [0.25, 0.3) is 0 Å². The Labute approximate surface area is 367 Å². The van der Waals surface area contributed by atoms with Crippen LogP contribution in [0.4, 0.5) is 0 Å². The van der Waals surface area contributed by atoms with Crippen molar-refractivity contribution in [3.8, 4) is 45.1 Å². The molecule has 4 heteroatoms. The van der Waals surface area contributed by atoms with Gasteiger partial charge >= 0.3 is 0 Å². The number of para-hydroxylation sites is 2. The Hall–Kier alpha value is -8.60. The van der Waals surface area contributed by atoms with Crippen LogP contribution in [0.2, 0.25) is 0 Å². The molecule has 0 atom stereocenters. The van der Waals surface area contributed by atoms with Crippen molar-refractivity contribution in [2.24, 2.45) is 0 Å². The average Bonchev–Trinajstić information content (AvgIpc) is 3.89. The zero-order chi connectivity index (χ0) is 41.9. The van der Waals surface area contributed by atoms with Crippen LogP contribution in [0.25, 0.3) is 132 Å². The summed E-state index contributed by atoms with van der Waals surface area (Å²) in [4.78, 5) is 11.0. The summed E-state index contributed by atoms with van der Waals surface area (Å²) in [6.45, 7) is 0. The van der Waals surface area contributed by atoms with Crippen LogP contribution in [0.15, 0.2) is 218 Å². The molecular formula is C60H36N4. The SMILES string of the molecule is c1ccc(-c2ccc3c(-c4ccccc4)nc(-n4c5cccc6c7c8ccccc8ccc7c7c(-c8ccc9c(c8)c8ccccc8n9-c8ccccc8)ccc4c7c65)nc3c2)cc1. The van der Waals surface area contributed by atoms with Crippen molar-refractivity contribution in [1.82, 2.24) is 19.1 Å². The lowest BCUT2D eigenvalue weighted by Crippen LogP contribution is -2.03. The standard InChI is InChI=1S/C60H36N4/c1-4-15-37(16-5-1)40-28-30-46-50(36-40)61-60(62-59(46)39-18-6-2-7-19-39)64-53-26-14-24-47-55-43-22-11-10-17-38(43)27-31-48(55)56-44(32-34-54(64)58(56)57(47)53)41-29-33-52-49(35-41)45-23-12-13-25-51(45)63(52)42-20-8-3-9-21-42/h1-36H. The van der Waals surface area contributed by atoms with E-state index in [1.165, 1.54) is 76.0 Å². The van der Waals surface area contributed by atoms with Gasteiger partial charge in [0, 0.05) is 43.6 Å². The summed E-state index contributed by atoms with van der Waals surface area (Å²) < 4.78 is 4.70. The van der Waals surface area contributed by atoms with Gasteiger partial charge in [-0.1, -0.05) is 164 Å². The van der Waals surface area contributed by atoms with Crippen molar-refractivity contribution in [3.05, 3.63) is 218 Å². The van der Waals surface area contributed by atoms with E-state index in [0.29, 0.717) is 5.95 Å². The van der Waals surface area contributed by atoms with E-state index in [1.807, 2.05) is 0 Å². The molecule has 0 saturated heterocycles. The summed E-state index contributed by atoms with van der Waals surface area (Å²) in [7, 11) is 0. The highest BCUT2D eigenvalue weighted by Gasteiger charge is 2.25. The first-order valence-electron chi connectivity index (χ1n) is 21.9. The molecule has 64 heavy (non-hydrogen) atoms. The van der Waals surface area contributed by atoms with E-state index < -0.39 is 0 Å². The van der Waals surface area contributed by atoms with Crippen LogP contribution < -0.4 is 0 Å². The van der Waals surface area contributed by atoms with E-state index in [1.54, 1.807) is 0 Å². The predicted molar refractivity (Wildman–Crippen MR) is 268 cm³/mol.